The fraction of sp³-hybridized carbons (Fsp3) is 0.737. The molecule has 22 heavy (non-hydrogen) atoms. The van der Waals surface area contributed by atoms with E-state index in [0.29, 0.717) is 5.57 Å². The summed E-state index contributed by atoms with van der Waals surface area (Å²) in [5, 5.41) is 0. The summed E-state index contributed by atoms with van der Waals surface area (Å²) in [7, 11) is 0. The van der Waals surface area contributed by atoms with Gasteiger partial charge in [0.15, 0.2) is 0 Å². The summed E-state index contributed by atoms with van der Waals surface area (Å²) in [5.74, 6) is -0.270. The van der Waals surface area contributed by atoms with Crippen molar-refractivity contribution in [2.75, 3.05) is 6.54 Å². The summed E-state index contributed by atoms with van der Waals surface area (Å²) in [4.78, 5) is 14.3. The fourth-order valence-corrected chi connectivity index (χ4v) is 3.52. The molecule has 1 rings (SSSR count). The highest BCUT2D eigenvalue weighted by molar-refractivity contribution is 5.87. The molecule has 3 heteroatoms. The van der Waals surface area contributed by atoms with E-state index in [-0.39, 0.29) is 23.2 Å². The SMILES string of the molecule is C=C(C)C(=O)OC1CC(C)(C)N(C/C=C/CCC)C(C)(C)C1. The molecule has 0 aromatic carbocycles. The Morgan fingerprint density at radius 3 is 2.23 bits per heavy atom. The molecule has 0 N–H and O–H groups in total. The third-order valence-electron chi connectivity index (χ3n) is 4.45. The largest absolute Gasteiger partial charge is 0.459 e. The zero-order chi connectivity index (χ0) is 17.0. The van der Waals surface area contributed by atoms with Crippen LogP contribution in [0.4, 0.5) is 0 Å². The first kappa shape index (κ1) is 19.0. The number of piperidine rings is 1. The van der Waals surface area contributed by atoms with E-state index in [2.05, 4.69) is 58.2 Å². The van der Waals surface area contributed by atoms with Crippen molar-refractivity contribution in [2.24, 2.45) is 0 Å². The number of esters is 1. The Morgan fingerprint density at radius 2 is 1.77 bits per heavy atom. The first-order valence-electron chi connectivity index (χ1n) is 8.39. The van der Waals surface area contributed by atoms with Crippen molar-refractivity contribution in [3.8, 4) is 0 Å². The van der Waals surface area contributed by atoms with Gasteiger partial charge in [0.25, 0.3) is 0 Å². The molecule has 0 saturated carbocycles. The van der Waals surface area contributed by atoms with Crippen molar-refractivity contribution in [2.45, 2.75) is 84.4 Å². The summed E-state index contributed by atoms with van der Waals surface area (Å²) in [6.07, 6.45) is 8.53. The van der Waals surface area contributed by atoms with Crippen molar-refractivity contribution >= 4 is 5.97 Å². The van der Waals surface area contributed by atoms with Crippen LogP contribution in [0.15, 0.2) is 24.3 Å². The third kappa shape index (κ3) is 4.98. The third-order valence-corrected chi connectivity index (χ3v) is 4.45. The second-order valence-corrected chi connectivity index (χ2v) is 7.71. The predicted octanol–water partition coefficient (Wildman–Crippen LogP) is 4.48. The van der Waals surface area contributed by atoms with Gasteiger partial charge >= 0.3 is 5.97 Å². The van der Waals surface area contributed by atoms with E-state index < -0.39 is 0 Å². The van der Waals surface area contributed by atoms with E-state index in [9.17, 15) is 4.79 Å². The maximum absolute atomic E-state index is 11.8. The van der Waals surface area contributed by atoms with Crippen LogP contribution in [0.1, 0.15) is 67.2 Å². The maximum atomic E-state index is 11.8. The van der Waals surface area contributed by atoms with Crippen LogP contribution < -0.4 is 0 Å². The van der Waals surface area contributed by atoms with E-state index in [4.69, 9.17) is 4.74 Å². The number of allylic oxidation sites excluding steroid dienone is 1. The average Bonchev–Trinajstić information content (AvgIpc) is 2.35. The highest BCUT2D eigenvalue weighted by Gasteiger charge is 2.45. The van der Waals surface area contributed by atoms with Crippen LogP contribution in [0.3, 0.4) is 0 Å². The predicted molar refractivity (Wildman–Crippen MR) is 92.8 cm³/mol. The summed E-state index contributed by atoms with van der Waals surface area (Å²) < 4.78 is 5.63. The molecule has 0 amide bonds. The Hall–Kier alpha value is -1.09. The minimum atomic E-state index is -0.270. The molecule has 1 aliphatic rings. The van der Waals surface area contributed by atoms with Crippen LogP contribution in [0, 0.1) is 0 Å². The summed E-state index contributed by atoms with van der Waals surface area (Å²) >= 11 is 0. The van der Waals surface area contributed by atoms with Crippen LogP contribution in [0.2, 0.25) is 0 Å². The van der Waals surface area contributed by atoms with Gasteiger partial charge in [0, 0.05) is 36.0 Å². The van der Waals surface area contributed by atoms with Gasteiger partial charge < -0.3 is 4.74 Å². The molecule has 1 heterocycles. The van der Waals surface area contributed by atoms with Gasteiger partial charge in [-0.25, -0.2) is 4.79 Å². The van der Waals surface area contributed by atoms with Crippen LogP contribution in [-0.2, 0) is 9.53 Å². The van der Waals surface area contributed by atoms with Gasteiger partial charge in [0.05, 0.1) is 0 Å². The molecule has 0 aromatic rings. The number of carbonyl (C=O) groups is 1. The molecule has 0 aromatic heterocycles. The highest BCUT2D eigenvalue weighted by atomic mass is 16.5. The lowest BCUT2D eigenvalue weighted by Crippen LogP contribution is -2.62. The minimum Gasteiger partial charge on any atom is -0.459 e. The second-order valence-electron chi connectivity index (χ2n) is 7.71. The van der Waals surface area contributed by atoms with Crippen molar-refractivity contribution in [3.05, 3.63) is 24.3 Å². The lowest BCUT2D eigenvalue weighted by Gasteiger charge is -2.54. The Balaban J connectivity index is 2.79. The molecule has 0 unspecified atom stereocenters. The van der Waals surface area contributed by atoms with Crippen molar-refractivity contribution in [1.82, 2.24) is 4.90 Å². The number of hydrogen-bond acceptors (Lipinski definition) is 3. The first-order valence-corrected chi connectivity index (χ1v) is 8.39. The normalized spacial score (nSPS) is 21.9. The Kier molecular flexibility index (Phi) is 6.42. The molecule has 0 spiro atoms. The lowest BCUT2D eigenvalue weighted by atomic mass is 9.78. The second kappa shape index (κ2) is 7.45. The van der Waals surface area contributed by atoms with E-state index in [1.165, 1.54) is 6.42 Å². The molecule has 1 saturated heterocycles. The van der Waals surface area contributed by atoms with E-state index in [1.54, 1.807) is 6.92 Å². The summed E-state index contributed by atoms with van der Waals surface area (Å²) in [5.41, 5.74) is 0.469. The summed E-state index contributed by atoms with van der Waals surface area (Å²) in [6, 6.07) is 0. The van der Waals surface area contributed by atoms with E-state index >= 15 is 0 Å². The molecule has 1 aliphatic heterocycles. The van der Waals surface area contributed by atoms with Gasteiger partial charge in [-0.15, -0.1) is 0 Å². The maximum Gasteiger partial charge on any atom is 0.333 e. The molecular formula is C19H33NO2. The van der Waals surface area contributed by atoms with Crippen molar-refractivity contribution in [3.63, 3.8) is 0 Å². The Labute approximate surface area is 136 Å². The quantitative estimate of drug-likeness (QED) is 0.411. The standard InChI is InChI=1S/C19H33NO2/c1-8-9-10-11-12-20-18(4,5)13-16(14-19(20,6)7)22-17(21)15(2)3/h10-11,16H,2,8-9,12-14H2,1,3-7H3/b11-10+. The van der Waals surface area contributed by atoms with Crippen LogP contribution in [-0.4, -0.2) is 34.6 Å². The fourth-order valence-electron chi connectivity index (χ4n) is 3.52. The smallest absolute Gasteiger partial charge is 0.333 e. The van der Waals surface area contributed by atoms with Gasteiger partial charge in [0.1, 0.15) is 6.10 Å². The van der Waals surface area contributed by atoms with Crippen LogP contribution in [0.25, 0.3) is 0 Å². The highest BCUT2D eigenvalue weighted by Crippen LogP contribution is 2.39. The zero-order valence-corrected chi connectivity index (χ0v) is 15.2. The molecule has 0 aliphatic carbocycles. The minimum absolute atomic E-state index is 0.00166. The first-order chi connectivity index (χ1) is 10.1. The van der Waals surface area contributed by atoms with Gasteiger partial charge in [-0.1, -0.05) is 32.1 Å². The molecule has 1 fully saturated rings. The van der Waals surface area contributed by atoms with Crippen molar-refractivity contribution < 1.29 is 9.53 Å². The topological polar surface area (TPSA) is 29.5 Å². The van der Waals surface area contributed by atoms with E-state index in [1.807, 2.05) is 0 Å². The lowest BCUT2D eigenvalue weighted by molar-refractivity contribution is -0.155. The number of unbranched alkanes of at least 4 members (excludes halogenated alkanes) is 1. The molecule has 0 radical (unpaired) electrons. The monoisotopic (exact) mass is 307 g/mol. The van der Waals surface area contributed by atoms with Gasteiger partial charge in [0.2, 0.25) is 0 Å². The molecule has 0 atom stereocenters. The number of carbonyl (C=O) groups excluding carboxylic acids is 1. The number of likely N-dealkylation sites (tertiary alicyclic amines) is 1. The molecule has 0 bridgehead atoms. The Morgan fingerprint density at radius 1 is 1.23 bits per heavy atom. The van der Waals surface area contributed by atoms with Crippen molar-refractivity contribution in [1.29, 1.82) is 0 Å². The zero-order valence-electron chi connectivity index (χ0n) is 15.2. The number of rotatable bonds is 6. The van der Waals surface area contributed by atoms with Gasteiger partial charge in [-0.05, 0) is 41.0 Å². The van der Waals surface area contributed by atoms with Crippen LogP contribution in [0.5, 0.6) is 0 Å². The molecular weight excluding hydrogens is 274 g/mol. The van der Waals surface area contributed by atoms with Gasteiger partial charge in [-0.2, -0.15) is 0 Å². The molecule has 3 nitrogen and oxygen atoms in total. The van der Waals surface area contributed by atoms with Gasteiger partial charge in [-0.3, -0.25) is 4.90 Å². The molecule has 126 valence electrons. The summed E-state index contributed by atoms with van der Waals surface area (Å²) in [6.45, 7) is 17.5. The number of hydrogen-bond donors (Lipinski definition) is 0. The number of nitrogens with zero attached hydrogens (tertiary/aromatic N) is 1. The van der Waals surface area contributed by atoms with Crippen LogP contribution >= 0.6 is 0 Å². The number of ether oxygens (including phenoxy) is 1. The Bertz CT molecular complexity index is 417. The average molecular weight is 307 g/mol. The van der Waals surface area contributed by atoms with E-state index in [0.717, 1.165) is 25.8 Å².